The second-order valence-corrected chi connectivity index (χ2v) is 5.42. The van der Waals surface area contributed by atoms with Crippen LogP contribution in [0.25, 0.3) is 6.08 Å². The first-order valence-corrected chi connectivity index (χ1v) is 7.38. The van der Waals surface area contributed by atoms with Crippen molar-refractivity contribution >= 4 is 18.0 Å². The third kappa shape index (κ3) is 3.61. The van der Waals surface area contributed by atoms with Gasteiger partial charge in [0.2, 0.25) is 5.75 Å². The Morgan fingerprint density at radius 3 is 1.96 bits per heavy atom. The van der Waals surface area contributed by atoms with Crippen LogP contribution >= 0.6 is 0 Å². The van der Waals surface area contributed by atoms with Crippen molar-refractivity contribution in [1.29, 1.82) is 0 Å². The Balaban J connectivity index is 2.46. The van der Waals surface area contributed by atoms with E-state index in [1.807, 2.05) is 6.92 Å². The average molecular weight is 336 g/mol. The molecular weight excluding hydrogens is 316 g/mol. The third-order valence-corrected chi connectivity index (χ3v) is 3.20. The smallest absolute Gasteiger partial charge is 0.348 e. The van der Waals surface area contributed by atoms with Gasteiger partial charge in [0.15, 0.2) is 11.5 Å². The van der Waals surface area contributed by atoms with Crippen molar-refractivity contribution < 1.29 is 33.3 Å². The molecule has 1 aliphatic heterocycles. The summed E-state index contributed by atoms with van der Waals surface area (Å²) in [6.45, 7) is 5.25. The Morgan fingerprint density at radius 1 is 1.04 bits per heavy atom. The van der Waals surface area contributed by atoms with Gasteiger partial charge in [-0.05, 0) is 30.7 Å². The second-order valence-electron chi connectivity index (χ2n) is 5.42. The van der Waals surface area contributed by atoms with E-state index in [1.165, 1.54) is 34.1 Å². The van der Waals surface area contributed by atoms with Gasteiger partial charge in [-0.1, -0.05) is 0 Å². The van der Waals surface area contributed by atoms with Crippen molar-refractivity contribution in [3.05, 3.63) is 23.3 Å². The van der Waals surface area contributed by atoms with Gasteiger partial charge in [-0.25, -0.2) is 9.59 Å². The van der Waals surface area contributed by atoms with Crippen molar-refractivity contribution in [2.24, 2.45) is 0 Å². The summed E-state index contributed by atoms with van der Waals surface area (Å²) in [6, 6.07) is 3.25. The molecule has 7 heteroatoms. The minimum atomic E-state index is -1.28. The van der Waals surface area contributed by atoms with E-state index < -0.39 is 17.7 Å². The van der Waals surface area contributed by atoms with Crippen molar-refractivity contribution in [2.45, 2.75) is 26.6 Å². The van der Waals surface area contributed by atoms with Crippen LogP contribution in [0.1, 0.15) is 26.3 Å². The lowest BCUT2D eigenvalue weighted by Gasteiger charge is -2.29. The van der Waals surface area contributed by atoms with Crippen LogP contribution < -0.4 is 14.2 Å². The van der Waals surface area contributed by atoms with Crippen LogP contribution in [0.4, 0.5) is 0 Å². The molecule has 0 amide bonds. The normalized spacial score (nSPS) is 16.1. The van der Waals surface area contributed by atoms with E-state index in [0.717, 1.165) is 0 Å². The quantitative estimate of drug-likeness (QED) is 0.464. The maximum atomic E-state index is 12.0. The molecule has 0 saturated carbocycles. The molecule has 0 spiro atoms. The standard InChI is InChI=1S/C17H20O7/c1-6-22-14-12(20-4)8-10(9-13(14)21-5)7-11-15(18)23-17(2,3)24-16(11)19/h7-9H,6H2,1-5H3. The van der Waals surface area contributed by atoms with Crippen LogP contribution in [-0.4, -0.2) is 38.6 Å². The summed E-state index contributed by atoms with van der Waals surface area (Å²) in [4.78, 5) is 24.0. The molecule has 0 atom stereocenters. The topological polar surface area (TPSA) is 80.3 Å². The van der Waals surface area contributed by atoms with E-state index in [0.29, 0.717) is 29.4 Å². The van der Waals surface area contributed by atoms with Crippen molar-refractivity contribution in [3.63, 3.8) is 0 Å². The van der Waals surface area contributed by atoms with E-state index >= 15 is 0 Å². The van der Waals surface area contributed by atoms with Crippen LogP contribution in [0.2, 0.25) is 0 Å². The van der Waals surface area contributed by atoms with E-state index in [9.17, 15) is 9.59 Å². The predicted octanol–water partition coefficient (Wildman–Crippen LogP) is 2.32. The highest BCUT2D eigenvalue weighted by atomic mass is 16.7. The number of carbonyl (C=O) groups excluding carboxylic acids is 2. The van der Waals surface area contributed by atoms with Crippen molar-refractivity contribution in [3.8, 4) is 17.2 Å². The summed E-state index contributed by atoms with van der Waals surface area (Å²) in [6.07, 6.45) is 1.36. The number of esters is 2. The first-order chi connectivity index (χ1) is 11.3. The molecular formula is C17H20O7. The molecule has 1 saturated heterocycles. The lowest BCUT2D eigenvalue weighted by atomic mass is 10.1. The molecule has 7 nitrogen and oxygen atoms in total. The Labute approximate surface area is 140 Å². The van der Waals surface area contributed by atoms with Crippen molar-refractivity contribution in [1.82, 2.24) is 0 Å². The SMILES string of the molecule is CCOc1c(OC)cc(C=C2C(=O)OC(C)(C)OC2=O)cc1OC. The molecule has 130 valence electrons. The monoisotopic (exact) mass is 336 g/mol. The highest BCUT2D eigenvalue weighted by Crippen LogP contribution is 2.39. The molecule has 2 rings (SSSR count). The number of cyclic esters (lactones) is 2. The molecule has 0 unspecified atom stereocenters. The first-order valence-electron chi connectivity index (χ1n) is 7.38. The highest BCUT2D eigenvalue weighted by Gasteiger charge is 2.38. The fourth-order valence-corrected chi connectivity index (χ4v) is 2.22. The fraction of sp³-hybridized carbons (Fsp3) is 0.412. The lowest BCUT2D eigenvalue weighted by molar-refractivity contribution is -0.222. The van der Waals surface area contributed by atoms with Gasteiger partial charge in [0.05, 0.1) is 20.8 Å². The number of hydrogen-bond donors (Lipinski definition) is 0. The van der Waals surface area contributed by atoms with Gasteiger partial charge in [0, 0.05) is 13.8 Å². The number of methoxy groups -OCH3 is 2. The minimum Gasteiger partial charge on any atom is -0.493 e. The van der Waals surface area contributed by atoms with E-state index in [-0.39, 0.29) is 5.57 Å². The fourth-order valence-electron chi connectivity index (χ4n) is 2.22. The van der Waals surface area contributed by atoms with Gasteiger partial charge >= 0.3 is 11.9 Å². The van der Waals surface area contributed by atoms with E-state index in [1.54, 1.807) is 12.1 Å². The molecule has 1 aliphatic rings. The summed E-state index contributed by atoms with van der Waals surface area (Å²) in [5, 5.41) is 0. The van der Waals surface area contributed by atoms with Crippen LogP contribution in [0.3, 0.4) is 0 Å². The van der Waals surface area contributed by atoms with Gasteiger partial charge in [0.25, 0.3) is 5.79 Å². The number of hydrogen-bond acceptors (Lipinski definition) is 7. The molecule has 0 N–H and O–H groups in total. The molecule has 0 radical (unpaired) electrons. The Bertz CT molecular complexity index is 641. The zero-order valence-corrected chi connectivity index (χ0v) is 14.3. The van der Waals surface area contributed by atoms with Crippen LogP contribution in [0.15, 0.2) is 17.7 Å². The summed E-state index contributed by atoms with van der Waals surface area (Å²) in [5.74, 6) is -1.49. The Kier molecular flexibility index (Phi) is 5.02. The maximum absolute atomic E-state index is 12.0. The average Bonchev–Trinajstić information content (AvgIpc) is 2.51. The number of ether oxygens (including phenoxy) is 5. The van der Waals surface area contributed by atoms with Gasteiger partial charge in [-0.3, -0.25) is 0 Å². The predicted molar refractivity (Wildman–Crippen MR) is 85.0 cm³/mol. The van der Waals surface area contributed by atoms with E-state index in [2.05, 4.69) is 0 Å². The lowest BCUT2D eigenvalue weighted by Crippen LogP contribution is -2.41. The number of carbonyl (C=O) groups is 2. The number of rotatable bonds is 5. The van der Waals surface area contributed by atoms with Gasteiger partial charge in [-0.15, -0.1) is 0 Å². The Morgan fingerprint density at radius 2 is 1.54 bits per heavy atom. The largest absolute Gasteiger partial charge is 0.493 e. The molecule has 1 aromatic rings. The molecule has 1 fully saturated rings. The van der Waals surface area contributed by atoms with Crippen molar-refractivity contribution in [2.75, 3.05) is 20.8 Å². The van der Waals surface area contributed by atoms with Gasteiger partial charge in [-0.2, -0.15) is 0 Å². The van der Waals surface area contributed by atoms with Crippen LogP contribution in [0.5, 0.6) is 17.2 Å². The first kappa shape index (κ1) is 17.7. The van der Waals surface area contributed by atoms with Gasteiger partial charge in [0.1, 0.15) is 5.57 Å². The zero-order valence-electron chi connectivity index (χ0n) is 14.3. The molecule has 0 aromatic heterocycles. The van der Waals surface area contributed by atoms with Crippen LogP contribution in [-0.2, 0) is 19.1 Å². The third-order valence-electron chi connectivity index (χ3n) is 3.20. The van der Waals surface area contributed by atoms with E-state index in [4.69, 9.17) is 23.7 Å². The molecule has 1 aromatic carbocycles. The maximum Gasteiger partial charge on any atom is 0.348 e. The minimum absolute atomic E-state index is 0.206. The van der Waals surface area contributed by atoms with Gasteiger partial charge < -0.3 is 23.7 Å². The highest BCUT2D eigenvalue weighted by molar-refractivity contribution is 6.18. The molecule has 0 aliphatic carbocycles. The molecule has 0 bridgehead atoms. The van der Waals surface area contributed by atoms with Crippen LogP contribution in [0, 0.1) is 0 Å². The number of benzene rings is 1. The Hall–Kier alpha value is -2.70. The second kappa shape index (κ2) is 6.82. The molecule has 1 heterocycles. The summed E-state index contributed by atoms with van der Waals surface area (Å²) >= 11 is 0. The summed E-state index contributed by atoms with van der Waals surface area (Å²) in [7, 11) is 2.97. The zero-order chi connectivity index (χ0) is 17.9. The molecule has 24 heavy (non-hydrogen) atoms. The summed E-state index contributed by atoms with van der Waals surface area (Å²) < 4.78 is 26.2. The summed E-state index contributed by atoms with van der Waals surface area (Å²) in [5.41, 5.74) is 0.304.